The van der Waals surface area contributed by atoms with E-state index in [1.807, 2.05) is 0 Å². The van der Waals surface area contributed by atoms with Gasteiger partial charge in [-0.1, -0.05) is 50.5 Å². The number of nitrogens with two attached hydrogens (primary N) is 2. The van der Waals surface area contributed by atoms with Crippen LogP contribution in [-0.2, 0) is 0 Å². The molecule has 0 aliphatic heterocycles. The molecule has 0 saturated heterocycles. The van der Waals surface area contributed by atoms with Crippen molar-refractivity contribution in [2.24, 2.45) is 23.3 Å². The van der Waals surface area contributed by atoms with Crippen LogP contribution in [0.3, 0.4) is 0 Å². The van der Waals surface area contributed by atoms with Gasteiger partial charge in [0.1, 0.15) is 0 Å². The molecule has 2 unspecified atom stereocenters. The molecule has 0 bridgehead atoms. The van der Waals surface area contributed by atoms with Crippen LogP contribution in [0.5, 0.6) is 0 Å². The Morgan fingerprint density at radius 2 is 1.55 bits per heavy atom. The zero-order valence-electron chi connectivity index (χ0n) is 13.3. The monoisotopic (exact) mass is 278 g/mol. The van der Waals surface area contributed by atoms with Crippen LogP contribution in [-0.4, -0.2) is 12.6 Å². The molecule has 0 heterocycles. The summed E-state index contributed by atoms with van der Waals surface area (Å²) in [6.45, 7) is 2.97. The van der Waals surface area contributed by atoms with Crippen molar-refractivity contribution in [3.63, 3.8) is 0 Å². The average Bonchev–Trinajstić information content (AvgIpc) is 2.50. The molecule has 4 N–H and O–H groups in total. The van der Waals surface area contributed by atoms with E-state index < -0.39 is 0 Å². The minimum absolute atomic E-state index is 0.382. The van der Waals surface area contributed by atoms with Crippen LogP contribution in [0, 0.1) is 11.8 Å². The molecule has 0 amide bonds. The summed E-state index contributed by atoms with van der Waals surface area (Å²) >= 11 is 0. The van der Waals surface area contributed by atoms with Gasteiger partial charge in [0.2, 0.25) is 0 Å². The molecular weight excluding hydrogens is 244 g/mol. The summed E-state index contributed by atoms with van der Waals surface area (Å²) in [7, 11) is 0. The first-order valence-electron chi connectivity index (χ1n) is 8.49. The van der Waals surface area contributed by atoms with Gasteiger partial charge >= 0.3 is 0 Å². The first-order chi connectivity index (χ1) is 9.74. The van der Waals surface area contributed by atoms with E-state index in [0.717, 1.165) is 38.1 Å². The third-order valence-corrected chi connectivity index (χ3v) is 4.44. The van der Waals surface area contributed by atoms with Gasteiger partial charge in [-0.3, -0.25) is 0 Å². The Balaban J connectivity index is 2.03. The maximum absolute atomic E-state index is 6.28. The third kappa shape index (κ3) is 7.86. The second-order valence-electron chi connectivity index (χ2n) is 6.39. The van der Waals surface area contributed by atoms with Gasteiger partial charge in [-0.2, -0.15) is 0 Å². The molecule has 0 aromatic carbocycles. The lowest BCUT2D eigenvalue weighted by atomic mass is 9.83. The molecule has 2 atom stereocenters. The molecule has 1 aliphatic rings. The molecule has 1 saturated carbocycles. The number of rotatable bonds is 9. The minimum Gasteiger partial charge on any atom is -0.330 e. The van der Waals surface area contributed by atoms with Crippen LogP contribution < -0.4 is 11.5 Å². The Hall–Kier alpha value is -0.600. The molecule has 2 nitrogen and oxygen atoms in total. The molecule has 1 rings (SSSR count). The normalized spacial score (nSPS) is 20.8. The Morgan fingerprint density at radius 1 is 0.950 bits per heavy atom. The lowest BCUT2D eigenvalue weighted by Gasteiger charge is -2.26. The lowest BCUT2D eigenvalue weighted by molar-refractivity contribution is 0.305. The minimum atomic E-state index is 0.382. The van der Waals surface area contributed by atoms with Crippen molar-refractivity contribution in [1.82, 2.24) is 0 Å². The smallest absolute Gasteiger partial charge is 0.0102 e. The average molecular weight is 278 g/mol. The van der Waals surface area contributed by atoms with Gasteiger partial charge in [0.05, 0.1) is 0 Å². The highest BCUT2D eigenvalue weighted by Crippen LogP contribution is 2.26. The molecule has 116 valence electrons. The van der Waals surface area contributed by atoms with Gasteiger partial charge in [0.25, 0.3) is 0 Å². The SMILES string of the molecule is CC(CN)C/C=C/CC/C=C/CC(N)C1CCCCC1. The molecule has 1 fully saturated rings. The summed E-state index contributed by atoms with van der Waals surface area (Å²) in [6.07, 6.45) is 20.4. The molecule has 0 radical (unpaired) electrons. The van der Waals surface area contributed by atoms with Crippen molar-refractivity contribution >= 4 is 0 Å². The Kier molecular flexibility index (Phi) is 9.69. The standard InChI is InChI=1S/C18H34N2/c1-16(15-19)11-7-4-2-3-5-10-14-18(20)17-12-8-6-9-13-17/h4-5,7,10,16-18H,2-3,6,8-9,11-15,19-20H2,1H3/b7-4+,10-5+. The summed E-state index contributed by atoms with van der Waals surface area (Å²) in [5.74, 6) is 1.38. The van der Waals surface area contributed by atoms with Gasteiger partial charge in [0.15, 0.2) is 0 Å². The molecule has 0 aromatic rings. The molecule has 20 heavy (non-hydrogen) atoms. The highest BCUT2D eigenvalue weighted by molar-refractivity contribution is 4.91. The van der Waals surface area contributed by atoms with Crippen LogP contribution in [0.1, 0.15) is 64.7 Å². The maximum atomic E-state index is 6.28. The van der Waals surface area contributed by atoms with E-state index in [1.165, 1.54) is 32.1 Å². The first-order valence-corrected chi connectivity index (χ1v) is 8.49. The van der Waals surface area contributed by atoms with Crippen molar-refractivity contribution in [3.8, 4) is 0 Å². The van der Waals surface area contributed by atoms with Crippen LogP contribution >= 0.6 is 0 Å². The molecule has 2 heteroatoms. The Bertz CT molecular complexity index is 277. The second kappa shape index (κ2) is 11.1. The molecule has 0 aromatic heterocycles. The zero-order valence-corrected chi connectivity index (χ0v) is 13.3. The summed E-state index contributed by atoms with van der Waals surface area (Å²) in [5.41, 5.74) is 11.9. The summed E-state index contributed by atoms with van der Waals surface area (Å²) in [6, 6.07) is 0.382. The van der Waals surface area contributed by atoms with E-state index >= 15 is 0 Å². The third-order valence-electron chi connectivity index (χ3n) is 4.44. The number of allylic oxidation sites excluding steroid dienone is 3. The highest BCUT2D eigenvalue weighted by Gasteiger charge is 2.18. The summed E-state index contributed by atoms with van der Waals surface area (Å²) in [4.78, 5) is 0. The van der Waals surface area contributed by atoms with E-state index in [-0.39, 0.29) is 0 Å². The van der Waals surface area contributed by atoms with Gasteiger partial charge < -0.3 is 11.5 Å². The van der Waals surface area contributed by atoms with Crippen molar-refractivity contribution in [2.75, 3.05) is 6.54 Å². The molecular formula is C18H34N2. The fraction of sp³-hybridized carbons (Fsp3) is 0.778. The van der Waals surface area contributed by atoms with E-state index in [0.29, 0.717) is 12.0 Å². The number of hydrogen-bond donors (Lipinski definition) is 2. The molecule has 1 aliphatic carbocycles. The van der Waals surface area contributed by atoms with Crippen LogP contribution in [0.15, 0.2) is 24.3 Å². The van der Waals surface area contributed by atoms with Crippen molar-refractivity contribution < 1.29 is 0 Å². The summed E-state index contributed by atoms with van der Waals surface area (Å²) < 4.78 is 0. The van der Waals surface area contributed by atoms with Crippen LogP contribution in [0.4, 0.5) is 0 Å². The largest absolute Gasteiger partial charge is 0.330 e. The topological polar surface area (TPSA) is 52.0 Å². The van der Waals surface area contributed by atoms with Crippen molar-refractivity contribution in [2.45, 2.75) is 70.8 Å². The zero-order chi connectivity index (χ0) is 14.6. The number of unbranched alkanes of at least 4 members (excludes halogenated alkanes) is 1. The second-order valence-corrected chi connectivity index (χ2v) is 6.39. The molecule has 0 spiro atoms. The lowest BCUT2D eigenvalue weighted by Crippen LogP contribution is -2.30. The van der Waals surface area contributed by atoms with E-state index in [2.05, 4.69) is 31.2 Å². The van der Waals surface area contributed by atoms with Crippen molar-refractivity contribution in [1.29, 1.82) is 0 Å². The van der Waals surface area contributed by atoms with E-state index in [9.17, 15) is 0 Å². The van der Waals surface area contributed by atoms with Crippen LogP contribution in [0.2, 0.25) is 0 Å². The van der Waals surface area contributed by atoms with Crippen LogP contribution in [0.25, 0.3) is 0 Å². The fourth-order valence-electron chi connectivity index (χ4n) is 2.86. The predicted octanol–water partition coefficient (Wildman–Crippen LogP) is 4.16. The number of hydrogen-bond acceptors (Lipinski definition) is 2. The Morgan fingerprint density at radius 3 is 2.15 bits per heavy atom. The van der Waals surface area contributed by atoms with Crippen molar-refractivity contribution in [3.05, 3.63) is 24.3 Å². The summed E-state index contributed by atoms with van der Waals surface area (Å²) in [5, 5.41) is 0. The van der Waals surface area contributed by atoms with E-state index in [4.69, 9.17) is 11.5 Å². The van der Waals surface area contributed by atoms with Gasteiger partial charge in [-0.15, -0.1) is 0 Å². The van der Waals surface area contributed by atoms with Gasteiger partial charge in [-0.05, 0) is 56.9 Å². The Labute approximate surface area is 125 Å². The maximum Gasteiger partial charge on any atom is 0.0102 e. The predicted molar refractivity (Wildman–Crippen MR) is 89.5 cm³/mol. The first kappa shape index (κ1) is 17.5. The highest BCUT2D eigenvalue weighted by atomic mass is 14.6. The quantitative estimate of drug-likeness (QED) is 0.491. The van der Waals surface area contributed by atoms with E-state index in [1.54, 1.807) is 0 Å². The fourth-order valence-corrected chi connectivity index (χ4v) is 2.86. The van der Waals surface area contributed by atoms with Gasteiger partial charge in [-0.25, -0.2) is 0 Å². The van der Waals surface area contributed by atoms with Gasteiger partial charge in [0, 0.05) is 6.04 Å².